The summed E-state index contributed by atoms with van der Waals surface area (Å²) in [5, 5.41) is 0. The van der Waals surface area contributed by atoms with Gasteiger partial charge in [0.05, 0.1) is 6.33 Å². The molecule has 0 saturated carbocycles. The Morgan fingerprint density at radius 1 is 1.71 bits per heavy atom. The van der Waals surface area contributed by atoms with Crippen LogP contribution in [0.3, 0.4) is 0 Å². The monoisotopic (exact) mass is 195 g/mol. The summed E-state index contributed by atoms with van der Waals surface area (Å²) in [5.74, 6) is 0.551. The highest BCUT2D eigenvalue weighted by molar-refractivity contribution is 5.62. The maximum absolute atomic E-state index is 11.2. The fraction of sp³-hybridized carbons (Fsp3) is 0.500. The third kappa shape index (κ3) is 1.24. The summed E-state index contributed by atoms with van der Waals surface area (Å²) in [6.07, 6.45) is 2.39. The highest BCUT2D eigenvalue weighted by Crippen LogP contribution is 2.26. The predicted molar refractivity (Wildman–Crippen MR) is 54.1 cm³/mol. The van der Waals surface area contributed by atoms with Crippen LogP contribution in [-0.4, -0.2) is 29.1 Å². The molecule has 6 heteroatoms. The van der Waals surface area contributed by atoms with E-state index in [1.807, 2.05) is 4.90 Å². The van der Waals surface area contributed by atoms with Crippen LogP contribution in [0, 0.1) is 0 Å². The van der Waals surface area contributed by atoms with Crippen molar-refractivity contribution in [2.24, 2.45) is 5.73 Å². The molecule has 1 aliphatic heterocycles. The molecule has 1 fully saturated rings. The zero-order chi connectivity index (χ0) is 10.1. The molecular formula is C8H13N5O. The molecule has 1 unspecified atom stereocenters. The highest BCUT2D eigenvalue weighted by atomic mass is 16.1. The van der Waals surface area contributed by atoms with Crippen molar-refractivity contribution in [3.05, 3.63) is 16.7 Å². The number of aromatic nitrogens is 2. The van der Waals surface area contributed by atoms with Crippen LogP contribution >= 0.6 is 0 Å². The van der Waals surface area contributed by atoms with Crippen molar-refractivity contribution in [3.63, 3.8) is 0 Å². The zero-order valence-electron chi connectivity index (χ0n) is 7.73. The molecule has 0 bridgehead atoms. The Kier molecular flexibility index (Phi) is 2.12. The SMILES string of the molecule is NCC1CCN1c1nc[nH]c(=O)c1N. The Hall–Kier alpha value is -1.56. The first-order valence-electron chi connectivity index (χ1n) is 4.54. The Balaban J connectivity index is 2.33. The average Bonchev–Trinajstić information content (AvgIpc) is 2.12. The van der Waals surface area contributed by atoms with Crippen molar-refractivity contribution in [1.82, 2.24) is 9.97 Å². The van der Waals surface area contributed by atoms with Crippen LogP contribution in [0.2, 0.25) is 0 Å². The minimum absolute atomic E-state index is 0.172. The lowest BCUT2D eigenvalue weighted by Crippen LogP contribution is -2.52. The minimum Gasteiger partial charge on any atom is -0.391 e. The smallest absolute Gasteiger partial charge is 0.276 e. The van der Waals surface area contributed by atoms with E-state index in [0.717, 1.165) is 13.0 Å². The number of rotatable bonds is 2. The summed E-state index contributed by atoms with van der Waals surface area (Å²) < 4.78 is 0. The van der Waals surface area contributed by atoms with Crippen molar-refractivity contribution in [3.8, 4) is 0 Å². The number of H-pyrrole nitrogens is 1. The van der Waals surface area contributed by atoms with E-state index in [9.17, 15) is 4.79 Å². The van der Waals surface area contributed by atoms with Gasteiger partial charge in [0.15, 0.2) is 5.82 Å². The third-order valence-electron chi connectivity index (χ3n) is 2.56. The highest BCUT2D eigenvalue weighted by Gasteiger charge is 2.29. The molecule has 5 N–H and O–H groups in total. The van der Waals surface area contributed by atoms with Crippen LogP contribution in [0.5, 0.6) is 0 Å². The number of hydrogen-bond acceptors (Lipinski definition) is 5. The van der Waals surface area contributed by atoms with Crippen LogP contribution in [0.4, 0.5) is 11.5 Å². The van der Waals surface area contributed by atoms with Crippen molar-refractivity contribution < 1.29 is 0 Å². The maximum Gasteiger partial charge on any atom is 0.276 e. The van der Waals surface area contributed by atoms with Gasteiger partial charge in [-0.1, -0.05) is 0 Å². The van der Waals surface area contributed by atoms with E-state index >= 15 is 0 Å². The third-order valence-corrected chi connectivity index (χ3v) is 2.56. The molecule has 14 heavy (non-hydrogen) atoms. The summed E-state index contributed by atoms with van der Waals surface area (Å²) in [7, 11) is 0. The second-order valence-corrected chi connectivity index (χ2v) is 3.34. The zero-order valence-corrected chi connectivity index (χ0v) is 7.73. The second kappa shape index (κ2) is 3.30. The minimum atomic E-state index is -0.294. The van der Waals surface area contributed by atoms with Gasteiger partial charge in [-0.05, 0) is 6.42 Å². The molecule has 0 aromatic carbocycles. The molecule has 0 spiro atoms. The molecule has 0 amide bonds. The number of aromatic amines is 1. The van der Waals surface area contributed by atoms with Crippen LogP contribution in [-0.2, 0) is 0 Å². The maximum atomic E-state index is 11.2. The predicted octanol–water partition coefficient (Wildman–Crippen LogP) is -1.11. The molecule has 6 nitrogen and oxygen atoms in total. The van der Waals surface area contributed by atoms with E-state index < -0.39 is 0 Å². The number of anilines is 2. The first-order chi connectivity index (χ1) is 6.74. The number of nitrogen functional groups attached to an aromatic ring is 1. The first kappa shape index (κ1) is 9.01. The fourth-order valence-electron chi connectivity index (χ4n) is 1.59. The van der Waals surface area contributed by atoms with Gasteiger partial charge in [0.2, 0.25) is 0 Å². The van der Waals surface area contributed by atoms with Crippen LogP contribution in [0.1, 0.15) is 6.42 Å². The van der Waals surface area contributed by atoms with Crippen molar-refractivity contribution in [2.75, 3.05) is 23.7 Å². The van der Waals surface area contributed by atoms with Crippen LogP contribution < -0.4 is 21.9 Å². The molecule has 1 aromatic heterocycles. The van der Waals surface area contributed by atoms with Crippen molar-refractivity contribution in [2.45, 2.75) is 12.5 Å². The van der Waals surface area contributed by atoms with E-state index in [1.165, 1.54) is 6.33 Å². The molecule has 1 saturated heterocycles. The van der Waals surface area contributed by atoms with Gasteiger partial charge in [-0.3, -0.25) is 4.79 Å². The number of nitrogens with two attached hydrogens (primary N) is 2. The fourth-order valence-corrected chi connectivity index (χ4v) is 1.59. The van der Waals surface area contributed by atoms with Gasteiger partial charge in [-0.15, -0.1) is 0 Å². The Morgan fingerprint density at radius 3 is 3.07 bits per heavy atom. The van der Waals surface area contributed by atoms with E-state index in [4.69, 9.17) is 11.5 Å². The van der Waals surface area contributed by atoms with Gasteiger partial charge >= 0.3 is 0 Å². The topological polar surface area (TPSA) is 101 Å². The summed E-state index contributed by atoms with van der Waals surface area (Å²) in [4.78, 5) is 19.6. The largest absolute Gasteiger partial charge is 0.391 e. The van der Waals surface area contributed by atoms with E-state index in [2.05, 4.69) is 9.97 Å². The molecule has 1 atom stereocenters. The standard InChI is InChI=1S/C8H13N5O/c9-3-5-1-2-13(5)7-6(10)8(14)12-4-11-7/h4-5H,1-3,9-10H2,(H,11,12,14). The molecule has 0 radical (unpaired) electrons. The summed E-state index contributed by atoms with van der Waals surface area (Å²) in [5.41, 5.74) is 11.1. The normalized spacial score (nSPS) is 20.6. The average molecular weight is 195 g/mol. The summed E-state index contributed by atoms with van der Waals surface area (Å²) >= 11 is 0. The lowest BCUT2D eigenvalue weighted by atomic mass is 10.0. The summed E-state index contributed by atoms with van der Waals surface area (Å²) in [6.45, 7) is 1.43. The lowest BCUT2D eigenvalue weighted by molar-refractivity contribution is 0.452. The van der Waals surface area contributed by atoms with E-state index in [1.54, 1.807) is 0 Å². The molecule has 0 aliphatic carbocycles. The number of nitrogens with one attached hydrogen (secondary N) is 1. The lowest BCUT2D eigenvalue weighted by Gasteiger charge is -2.41. The number of hydrogen-bond donors (Lipinski definition) is 3. The molecule has 1 aromatic rings. The van der Waals surface area contributed by atoms with Gasteiger partial charge in [0.25, 0.3) is 5.56 Å². The van der Waals surface area contributed by atoms with Gasteiger partial charge in [0, 0.05) is 19.1 Å². The molecule has 76 valence electrons. The molecular weight excluding hydrogens is 182 g/mol. The Morgan fingerprint density at radius 2 is 2.50 bits per heavy atom. The van der Waals surface area contributed by atoms with Crippen molar-refractivity contribution in [1.29, 1.82) is 0 Å². The van der Waals surface area contributed by atoms with Crippen LogP contribution in [0.25, 0.3) is 0 Å². The van der Waals surface area contributed by atoms with Gasteiger partial charge in [-0.25, -0.2) is 4.98 Å². The first-order valence-corrected chi connectivity index (χ1v) is 4.54. The van der Waals surface area contributed by atoms with E-state index in [-0.39, 0.29) is 17.3 Å². The van der Waals surface area contributed by atoms with Gasteiger partial charge in [0.1, 0.15) is 5.69 Å². The number of nitrogens with zero attached hydrogens (tertiary/aromatic N) is 2. The molecule has 2 heterocycles. The van der Waals surface area contributed by atoms with Gasteiger partial charge < -0.3 is 21.4 Å². The second-order valence-electron chi connectivity index (χ2n) is 3.34. The van der Waals surface area contributed by atoms with Gasteiger partial charge in [-0.2, -0.15) is 0 Å². The van der Waals surface area contributed by atoms with E-state index in [0.29, 0.717) is 12.4 Å². The van der Waals surface area contributed by atoms with Crippen molar-refractivity contribution >= 4 is 11.5 Å². The Bertz CT molecular complexity index is 386. The molecule has 1 aliphatic rings. The van der Waals surface area contributed by atoms with Crippen LogP contribution in [0.15, 0.2) is 11.1 Å². The quantitative estimate of drug-likeness (QED) is 0.555. The Labute approximate surface area is 80.9 Å². The summed E-state index contributed by atoms with van der Waals surface area (Å²) in [6, 6.07) is 0.270. The molecule has 2 rings (SSSR count).